The molecule has 17 heavy (non-hydrogen) atoms. The molecular weight excluding hydrogens is 236 g/mol. The third-order valence-electron chi connectivity index (χ3n) is 2.79. The number of carboxylic acids is 1. The lowest BCUT2D eigenvalue weighted by molar-refractivity contribution is -0.138. The summed E-state index contributed by atoms with van der Waals surface area (Å²) in [6.07, 6.45) is 0. The van der Waals surface area contributed by atoms with Gasteiger partial charge < -0.3 is 10.0 Å². The van der Waals surface area contributed by atoms with E-state index in [1.165, 1.54) is 0 Å². The number of carboxylic acid groups (broad SMARTS) is 1. The molecule has 2 atom stereocenters. The van der Waals surface area contributed by atoms with Gasteiger partial charge in [-0.1, -0.05) is 12.1 Å². The molecule has 1 aliphatic heterocycles. The fourth-order valence-corrected chi connectivity index (χ4v) is 2.99. The lowest BCUT2D eigenvalue weighted by Gasteiger charge is -2.15. The van der Waals surface area contributed by atoms with Crippen LogP contribution in [0.2, 0.25) is 0 Å². The molecule has 1 heterocycles. The Hall–Kier alpha value is -1.20. The van der Waals surface area contributed by atoms with Crippen LogP contribution in [0.25, 0.3) is 0 Å². The van der Waals surface area contributed by atoms with Crippen molar-refractivity contribution in [1.82, 2.24) is 5.32 Å². The van der Waals surface area contributed by atoms with E-state index in [1.807, 2.05) is 43.3 Å². The van der Waals surface area contributed by atoms with Crippen molar-refractivity contribution in [2.75, 3.05) is 24.7 Å². The molecule has 2 N–H and O–H groups in total. The summed E-state index contributed by atoms with van der Waals surface area (Å²) in [6, 6.07) is 7.75. The van der Waals surface area contributed by atoms with Gasteiger partial charge in [-0.2, -0.15) is 0 Å². The van der Waals surface area contributed by atoms with E-state index in [-0.39, 0.29) is 5.37 Å². The minimum Gasteiger partial charge on any atom is -0.480 e. The first kappa shape index (κ1) is 12.3. The zero-order chi connectivity index (χ0) is 12.4. The van der Waals surface area contributed by atoms with E-state index < -0.39 is 12.0 Å². The van der Waals surface area contributed by atoms with Crippen LogP contribution >= 0.6 is 11.8 Å². The van der Waals surface area contributed by atoms with Crippen LogP contribution in [0.4, 0.5) is 5.69 Å². The molecule has 1 saturated heterocycles. The van der Waals surface area contributed by atoms with Crippen LogP contribution in [0.15, 0.2) is 24.3 Å². The zero-order valence-corrected chi connectivity index (χ0v) is 10.7. The van der Waals surface area contributed by atoms with E-state index in [4.69, 9.17) is 5.11 Å². The Bertz CT molecular complexity index is 405. The second-order valence-corrected chi connectivity index (χ2v) is 5.39. The fraction of sp³-hybridized carbons (Fsp3) is 0.417. The Morgan fingerprint density at radius 2 is 2.06 bits per heavy atom. The van der Waals surface area contributed by atoms with Gasteiger partial charge in [0.25, 0.3) is 0 Å². The standard InChI is InChI=1S/C12H16N2O2S/c1-14(2)9-5-3-8(4-6-9)11-13-10(7-17-11)12(15)16/h3-6,10-11,13H,7H2,1-2H3,(H,15,16)/t10-,11?/m0/s1. The summed E-state index contributed by atoms with van der Waals surface area (Å²) in [4.78, 5) is 12.9. The van der Waals surface area contributed by atoms with Crippen molar-refractivity contribution in [3.05, 3.63) is 29.8 Å². The molecule has 4 nitrogen and oxygen atoms in total. The maximum absolute atomic E-state index is 10.8. The summed E-state index contributed by atoms with van der Waals surface area (Å²) < 4.78 is 0. The number of benzene rings is 1. The lowest BCUT2D eigenvalue weighted by atomic mass is 10.2. The molecular formula is C12H16N2O2S. The molecule has 2 rings (SSSR count). The highest BCUT2D eigenvalue weighted by atomic mass is 32.2. The molecule has 1 aromatic rings. The SMILES string of the molecule is CN(C)c1ccc(C2N[C@H](C(=O)O)CS2)cc1. The third kappa shape index (κ3) is 2.73. The minimum atomic E-state index is -0.773. The topological polar surface area (TPSA) is 52.6 Å². The molecule has 5 heteroatoms. The van der Waals surface area contributed by atoms with E-state index in [9.17, 15) is 4.79 Å². The number of rotatable bonds is 3. The Morgan fingerprint density at radius 3 is 2.53 bits per heavy atom. The predicted octanol–water partition coefficient (Wildman–Crippen LogP) is 1.54. The van der Waals surface area contributed by atoms with E-state index in [1.54, 1.807) is 11.8 Å². The van der Waals surface area contributed by atoms with Crippen LogP contribution in [0.1, 0.15) is 10.9 Å². The number of anilines is 1. The van der Waals surface area contributed by atoms with Gasteiger partial charge >= 0.3 is 5.97 Å². The lowest BCUT2D eigenvalue weighted by Crippen LogP contribution is -2.33. The summed E-state index contributed by atoms with van der Waals surface area (Å²) in [7, 11) is 4.00. The molecule has 0 spiro atoms. The summed E-state index contributed by atoms with van der Waals surface area (Å²) in [6.45, 7) is 0. The first-order valence-electron chi connectivity index (χ1n) is 5.45. The molecule has 0 bridgehead atoms. The second kappa shape index (κ2) is 4.98. The van der Waals surface area contributed by atoms with Crippen molar-refractivity contribution >= 4 is 23.4 Å². The van der Waals surface area contributed by atoms with Crippen LogP contribution in [0.5, 0.6) is 0 Å². The van der Waals surface area contributed by atoms with Gasteiger partial charge in [0, 0.05) is 25.5 Å². The average Bonchev–Trinajstić information content (AvgIpc) is 2.78. The molecule has 1 fully saturated rings. The number of carbonyl (C=O) groups is 1. The van der Waals surface area contributed by atoms with Crippen molar-refractivity contribution in [3.8, 4) is 0 Å². The summed E-state index contributed by atoms with van der Waals surface area (Å²) in [5.74, 6) is -0.153. The minimum absolute atomic E-state index is 0.0901. The van der Waals surface area contributed by atoms with Gasteiger partial charge in [-0.3, -0.25) is 10.1 Å². The Kier molecular flexibility index (Phi) is 3.59. The van der Waals surface area contributed by atoms with E-state index in [0.29, 0.717) is 5.75 Å². The Balaban J connectivity index is 2.06. The maximum atomic E-state index is 10.8. The van der Waals surface area contributed by atoms with Crippen LogP contribution in [0, 0.1) is 0 Å². The number of nitrogens with one attached hydrogen (secondary N) is 1. The Morgan fingerprint density at radius 1 is 1.41 bits per heavy atom. The van der Waals surface area contributed by atoms with Crippen molar-refractivity contribution in [2.45, 2.75) is 11.4 Å². The van der Waals surface area contributed by atoms with Crippen molar-refractivity contribution in [3.63, 3.8) is 0 Å². The van der Waals surface area contributed by atoms with Gasteiger partial charge in [0.1, 0.15) is 6.04 Å². The quantitative estimate of drug-likeness (QED) is 0.854. The van der Waals surface area contributed by atoms with E-state index in [0.717, 1.165) is 11.3 Å². The smallest absolute Gasteiger partial charge is 0.321 e. The summed E-state index contributed by atoms with van der Waals surface area (Å²) in [5.41, 5.74) is 2.27. The second-order valence-electron chi connectivity index (χ2n) is 4.26. The molecule has 0 saturated carbocycles. The largest absolute Gasteiger partial charge is 0.480 e. The molecule has 1 unspecified atom stereocenters. The monoisotopic (exact) mass is 252 g/mol. The number of nitrogens with zero attached hydrogens (tertiary/aromatic N) is 1. The highest BCUT2D eigenvalue weighted by Crippen LogP contribution is 2.33. The van der Waals surface area contributed by atoms with Crippen molar-refractivity contribution in [1.29, 1.82) is 0 Å². The maximum Gasteiger partial charge on any atom is 0.321 e. The molecule has 1 aliphatic rings. The first-order valence-corrected chi connectivity index (χ1v) is 6.50. The summed E-state index contributed by atoms with van der Waals surface area (Å²) >= 11 is 1.64. The average molecular weight is 252 g/mol. The Labute approximate surface area is 105 Å². The molecule has 0 radical (unpaired) electrons. The van der Waals surface area contributed by atoms with E-state index in [2.05, 4.69) is 5.32 Å². The van der Waals surface area contributed by atoms with Crippen LogP contribution in [-0.4, -0.2) is 37.0 Å². The normalized spacial score (nSPS) is 23.6. The molecule has 0 aromatic heterocycles. The van der Waals surface area contributed by atoms with Gasteiger partial charge in [0.15, 0.2) is 0 Å². The number of thioether (sulfide) groups is 1. The molecule has 92 valence electrons. The van der Waals surface area contributed by atoms with Gasteiger partial charge in [0.2, 0.25) is 0 Å². The van der Waals surface area contributed by atoms with Crippen LogP contribution in [-0.2, 0) is 4.79 Å². The molecule has 0 aliphatic carbocycles. The summed E-state index contributed by atoms with van der Waals surface area (Å²) in [5, 5.41) is 12.1. The van der Waals surface area contributed by atoms with Crippen molar-refractivity contribution in [2.24, 2.45) is 0 Å². The molecule has 1 aromatic carbocycles. The van der Waals surface area contributed by atoms with Gasteiger partial charge in [-0.15, -0.1) is 11.8 Å². The van der Waals surface area contributed by atoms with Crippen molar-refractivity contribution < 1.29 is 9.90 Å². The van der Waals surface area contributed by atoms with Gasteiger partial charge in [-0.25, -0.2) is 0 Å². The van der Waals surface area contributed by atoms with Crippen LogP contribution in [0.3, 0.4) is 0 Å². The highest BCUT2D eigenvalue weighted by Gasteiger charge is 2.30. The first-order chi connectivity index (χ1) is 8.08. The third-order valence-corrected chi connectivity index (χ3v) is 4.06. The van der Waals surface area contributed by atoms with Gasteiger partial charge in [-0.05, 0) is 17.7 Å². The number of hydrogen-bond donors (Lipinski definition) is 2. The fourth-order valence-electron chi connectivity index (χ4n) is 1.75. The molecule has 0 amide bonds. The van der Waals surface area contributed by atoms with E-state index >= 15 is 0 Å². The predicted molar refractivity (Wildman–Crippen MR) is 70.5 cm³/mol. The van der Waals surface area contributed by atoms with Gasteiger partial charge in [0.05, 0.1) is 5.37 Å². The highest BCUT2D eigenvalue weighted by molar-refractivity contribution is 7.99. The zero-order valence-electron chi connectivity index (χ0n) is 9.88. The number of hydrogen-bond acceptors (Lipinski definition) is 4. The van der Waals surface area contributed by atoms with Crippen LogP contribution < -0.4 is 10.2 Å². The number of aliphatic carboxylic acids is 1.